The predicted octanol–water partition coefficient (Wildman–Crippen LogP) is 2.88. The van der Waals surface area contributed by atoms with Crippen molar-refractivity contribution in [2.24, 2.45) is 22.6 Å². The van der Waals surface area contributed by atoms with Gasteiger partial charge >= 0.3 is 5.97 Å². The average Bonchev–Trinajstić information content (AvgIpc) is 2.78. The highest BCUT2D eigenvalue weighted by molar-refractivity contribution is 5.98. The van der Waals surface area contributed by atoms with Crippen LogP contribution in [0.25, 0.3) is 0 Å². The number of carboxylic acids is 1. The summed E-state index contributed by atoms with van der Waals surface area (Å²) in [5.41, 5.74) is 8.24. The molecule has 200 valence electrons. The SMILES string of the molecule is Cc1cc(N=C(N)CCCC(=O)N(C)CC(=O)C(C)C)cc(C(=O)C(C)C)c1.O=CNCCC(=O)O. The number of Topliss-reactive ketones (excluding diaryl/α,β-unsaturated/α-hetero) is 2. The number of nitrogens with one attached hydrogen (secondary N) is 1. The van der Waals surface area contributed by atoms with Gasteiger partial charge in [-0.05, 0) is 37.1 Å². The number of hydrogen-bond donors (Lipinski definition) is 3. The topological polar surface area (TPSA) is 159 Å². The largest absolute Gasteiger partial charge is 0.481 e. The Bertz CT molecular complexity index is 940. The summed E-state index contributed by atoms with van der Waals surface area (Å²) in [6.45, 7) is 9.64. The van der Waals surface area contributed by atoms with Gasteiger partial charge in [0.1, 0.15) is 0 Å². The van der Waals surface area contributed by atoms with E-state index in [9.17, 15) is 24.0 Å². The number of ketones is 2. The number of carboxylic acid groups (broad SMARTS) is 1. The van der Waals surface area contributed by atoms with E-state index in [0.29, 0.717) is 42.8 Å². The van der Waals surface area contributed by atoms with Crippen LogP contribution in [0.1, 0.15) is 69.3 Å². The summed E-state index contributed by atoms with van der Waals surface area (Å²) >= 11 is 0. The zero-order valence-corrected chi connectivity index (χ0v) is 22.2. The first-order valence-electron chi connectivity index (χ1n) is 11.9. The van der Waals surface area contributed by atoms with Gasteiger partial charge in [-0.15, -0.1) is 0 Å². The molecule has 0 fully saturated rings. The summed E-state index contributed by atoms with van der Waals surface area (Å²) in [7, 11) is 1.64. The number of amidine groups is 1. The van der Waals surface area contributed by atoms with E-state index in [1.165, 1.54) is 4.90 Å². The van der Waals surface area contributed by atoms with Crippen LogP contribution in [0.5, 0.6) is 0 Å². The molecule has 1 rings (SSSR count). The number of nitrogens with two attached hydrogens (primary N) is 1. The van der Waals surface area contributed by atoms with Crippen molar-refractivity contribution in [2.45, 2.75) is 60.3 Å². The predicted molar refractivity (Wildman–Crippen MR) is 139 cm³/mol. The Morgan fingerprint density at radius 1 is 1.06 bits per heavy atom. The quantitative estimate of drug-likeness (QED) is 0.115. The maximum Gasteiger partial charge on any atom is 0.305 e. The van der Waals surface area contributed by atoms with Crippen molar-refractivity contribution < 1.29 is 29.1 Å². The third-order valence-corrected chi connectivity index (χ3v) is 5.00. The minimum atomic E-state index is -0.903. The zero-order valence-electron chi connectivity index (χ0n) is 22.2. The van der Waals surface area contributed by atoms with Crippen LogP contribution in [0.3, 0.4) is 0 Å². The second kappa shape index (κ2) is 17.0. The summed E-state index contributed by atoms with van der Waals surface area (Å²) in [5.74, 6) is -0.614. The Morgan fingerprint density at radius 2 is 1.69 bits per heavy atom. The number of carbonyl (C=O) groups excluding carboxylic acids is 4. The van der Waals surface area contributed by atoms with Crippen molar-refractivity contribution >= 4 is 41.4 Å². The monoisotopic (exact) mass is 504 g/mol. The summed E-state index contributed by atoms with van der Waals surface area (Å²) < 4.78 is 0. The second-order valence-electron chi connectivity index (χ2n) is 9.12. The normalized spacial score (nSPS) is 10.9. The van der Waals surface area contributed by atoms with Crippen LogP contribution in [-0.2, 0) is 19.2 Å². The van der Waals surface area contributed by atoms with Gasteiger partial charge in [-0.3, -0.25) is 24.0 Å². The van der Waals surface area contributed by atoms with E-state index in [1.807, 2.05) is 46.8 Å². The lowest BCUT2D eigenvalue weighted by atomic mass is 9.99. The van der Waals surface area contributed by atoms with E-state index in [0.717, 1.165) is 5.56 Å². The number of aliphatic imine (C=N–C) groups is 1. The lowest BCUT2D eigenvalue weighted by Crippen LogP contribution is -2.33. The van der Waals surface area contributed by atoms with E-state index in [-0.39, 0.29) is 48.8 Å². The number of nitrogens with zero attached hydrogens (tertiary/aromatic N) is 2. The molecule has 0 bridgehead atoms. The molecule has 0 radical (unpaired) electrons. The Hall–Kier alpha value is -3.56. The molecule has 10 heteroatoms. The zero-order chi connectivity index (χ0) is 27.8. The fourth-order valence-corrected chi connectivity index (χ4v) is 2.88. The molecular weight excluding hydrogens is 464 g/mol. The molecule has 1 aromatic rings. The molecule has 10 nitrogen and oxygen atoms in total. The van der Waals surface area contributed by atoms with E-state index >= 15 is 0 Å². The van der Waals surface area contributed by atoms with Crippen molar-refractivity contribution in [3.63, 3.8) is 0 Å². The van der Waals surface area contributed by atoms with Crippen molar-refractivity contribution in [3.05, 3.63) is 29.3 Å². The number of amides is 2. The van der Waals surface area contributed by atoms with Crippen molar-refractivity contribution in [2.75, 3.05) is 20.1 Å². The highest BCUT2D eigenvalue weighted by Gasteiger charge is 2.15. The summed E-state index contributed by atoms with van der Waals surface area (Å²) in [5, 5.41) is 10.2. The average molecular weight is 505 g/mol. The molecule has 0 spiro atoms. The van der Waals surface area contributed by atoms with Gasteiger partial charge in [-0.1, -0.05) is 27.7 Å². The van der Waals surface area contributed by atoms with Crippen LogP contribution < -0.4 is 11.1 Å². The number of hydrogen-bond acceptors (Lipinski definition) is 6. The minimum Gasteiger partial charge on any atom is -0.481 e. The summed E-state index contributed by atoms with van der Waals surface area (Å²) in [6, 6.07) is 5.48. The molecule has 4 N–H and O–H groups in total. The highest BCUT2D eigenvalue weighted by atomic mass is 16.4. The van der Waals surface area contributed by atoms with Crippen LogP contribution in [-0.4, -0.2) is 65.8 Å². The Balaban J connectivity index is 0.00000131. The van der Waals surface area contributed by atoms with Crippen LogP contribution in [0.15, 0.2) is 23.2 Å². The number of likely N-dealkylation sites (N-methyl/N-ethyl adjacent to an activating group) is 1. The van der Waals surface area contributed by atoms with Gasteiger partial charge in [0, 0.05) is 43.8 Å². The first kappa shape index (κ1) is 32.4. The molecular formula is C26H40N4O6. The van der Waals surface area contributed by atoms with Crippen LogP contribution in [0.2, 0.25) is 0 Å². The highest BCUT2D eigenvalue weighted by Crippen LogP contribution is 2.20. The van der Waals surface area contributed by atoms with E-state index in [2.05, 4.69) is 10.3 Å². The second-order valence-corrected chi connectivity index (χ2v) is 9.12. The van der Waals surface area contributed by atoms with E-state index in [1.54, 1.807) is 13.1 Å². The van der Waals surface area contributed by atoms with Gasteiger partial charge in [0.2, 0.25) is 12.3 Å². The third kappa shape index (κ3) is 14.0. The molecule has 0 aliphatic heterocycles. The Morgan fingerprint density at radius 3 is 2.22 bits per heavy atom. The number of benzene rings is 1. The Labute approximate surface area is 213 Å². The molecule has 36 heavy (non-hydrogen) atoms. The van der Waals surface area contributed by atoms with Crippen molar-refractivity contribution in [1.82, 2.24) is 10.2 Å². The molecule has 2 amide bonds. The molecule has 0 atom stereocenters. The lowest BCUT2D eigenvalue weighted by molar-refractivity contribution is -0.137. The maximum absolute atomic E-state index is 12.2. The number of rotatable bonds is 14. The fraction of sp³-hybridized carbons (Fsp3) is 0.538. The van der Waals surface area contributed by atoms with E-state index in [4.69, 9.17) is 10.8 Å². The molecule has 0 aliphatic rings. The lowest BCUT2D eigenvalue weighted by Gasteiger charge is -2.17. The van der Waals surface area contributed by atoms with Gasteiger partial charge in [-0.2, -0.15) is 0 Å². The van der Waals surface area contributed by atoms with Gasteiger partial charge in [-0.25, -0.2) is 4.99 Å². The first-order chi connectivity index (χ1) is 16.8. The van der Waals surface area contributed by atoms with Crippen LogP contribution >= 0.6 is 0 Å². The van der Waals surface area contributed by atoms with Gasteiger partial charge in [0.15, 0.2) is 11.6 Å². The molecule has 0 aliphatic carbocycles. The molecule has 0 aromatic heterocycles. The molecule has 0 saturated heterocycles. The standard InChI is InChI=1S/C22H33N3O3.C4H7NO3/c1-14(2)19(26)13-25(6)21(27)9-7-8-20(23)24-18-11-16(5)10-17(12-18)22(28)15(3)4;6-3-5-2-1-4(7)8/h10-12,14-15H,7-9,13H2,1-6H3,(H2,23,24);3H,1-2H2,(H,5,6)(H,7,8). The van der Waals surface area contributed by atoms with Gasteiger partial charge in [0.25, 0.3) is 0 Å². The van der Waals surface area contributed by atoms with Gasteiger partial charge < -0.3 is 21.1 Å². The third-order valence-electron chi connectivity index (χ3n) is 5.00. The van der Waals surface area contributed by atoms with E-state index < -0.39 is 5.97 Å². The minimum absolute atomic E-state index is 0.0151. The number of carbonyl (C=O) groups is 5. The number of aliphatic carboxylic acids is 1. The maximum atomic E-state index is 12.2. The molecule has 0 saturated carbocycles. The number of aryl methyl sites for hydroxylation is 1. The fourth-order valence-electron chi connectivity index (χ4n) is 2.88. The summed E-state index contributed by atoms with van der Waals surface area (Å²) in [6.07, 6.45) is 1.79. The first-order valence-corrected chi connectivity index (χ1v) is 11.9. The smallest absolute Gasteiger partial charge is 0.305 e. The van der Waals surface area contributed by atoms with Crippen molar-refractivity contribution in [3.8, 4) is 0 Å². The molecule has 0 heterocycles. The van der Waals surface area contributed by atoms with Crippen LogP contribution in [0, 0.1) is 18.8 Å². The van der Waals surface area contributed by atoms with Gasteiger partial charge in [0.05, 0.1) is 24.5 Å². The summed E-state index contributed by atoms with van der Waals surface area (Å²) in [4.78, 5) is 61.1. The van der Waals surface area contributed by atoms with Crippen LogP contribution in [0.4, 0.5) is 5.69 Å². The molecule has 1 aromatic carbocycles. The Kier molecular flexibility index (Phi) is 15.3. The molecule has 0 unspecified atom stereocenters. The van der Waals surface area contributed by atoms with Crippen molar-refractivity contribution in [1.29, 1.82) is 0 Å².